The van der Waals surface area contributed by atoms with Crippen LogP contribution in [0.25, 0.3) is 0 Å². The van der Waals surface area contributed by atoms with E-state index in [1.807, 2.05) is 24.3 Å². The second kappa shape index (κ2) is 7.95. The normalized spacial score (nSPS) is 9.86. The molecule has 0 aliphatic carbocycles. The molecule has 108 valence electrons. The standard InChI is InChI=1S/C17H14Cl2O2/c18-15-5-3-6-16(19)17(15)21-12-14-9-7-13(8-10-14)4-1-2-11-20/h3,5-10,20H,2,11-12H2. The van der Waals surface area contributed by atoms with E-state index in [-0.39, 0.29) is 6.61 Å². The fraction of sp³-hybridized carbons (Fsp3) is 0.176. The quantitative estimate of drug-likeness (QED) is 0.851. The largest absolute Gasteiger partial charge is 0.486 e. The van der Waals surface area contributed by atoms with Crippen molar-refractivity contribution in [3.63, 3.8) is 0 Å². The van der Waals surface area contributed by atoms with Crippen molar-refractivity contribution < 1.29 is 9.84 Å². The van der Waals surface area contributed by atoms with E-state index in [2.05, 4.69) is 11.8 Å². The molecule has 0 heterocycles. The minimum Gasteiger partial charge on any atom is -0.486 e. The van der Waals surface area contributed by atoms with Gasteiger partial charge < -0.3 is 9.84 Å². The van der Waals surface area contributed by atoms with Crippen LogP contribution < -0.4 is 4.74 Å². The van der Waals surface area contributed by atoms with Crippen LogP contribution in [0, 0.1) is 11.8 Å². The highest BCUT2D eigenvalue weighted by atomic mass is 35.5. The van der Waals surface area contributed by atoms with Gasteiger partial charge in [0.15, 0.2) is 5.75 Å². The molecule has 2 nitrogen and oxygen atoms in total. The lowest BCUT2D eigenvalue weighted by atomic mass is 10.1. The summed E-state index contributed by atoms with van der Waals surface area (Å²) in [6.45, 7) is 0.464. The number of hydrogen-bond acceptors (Lipinski definition) is 2. The maximum Gasteiger partial charge on any atom is 0.156 e. The lowest BCUT2D eigenvalue weighted by Gasteiger charge is -2.09. The summed E-state index contributed by atoms with van der Waals surface area (Å²) in [4.78, 5) is 0. The Balaban J connectivity index is 2.00. The summed E-state index contributed by atoms with van der Waals surface area (Å²) in [6, 6.07) is 13.0. The Morgan fingerprint density at radius 3 is 2.29 bits per heavy atom. The molecule has 0 radical (unpaired) electrons. The number of halogens is 2. The molecule has 1 N–H and O–H groups in total. The summed E-state index contributed by atoms with van der Waals surface area (Å²) >= 11 is 12.1. The Hall–Kier alpha value is -1.66. The average molecular weight is 321 g/mol. The SMILES string of the molecule is OCCC#Cc1ccc(COc2c(Cl)cccc2Cl)cc1. The van der Waals surface area contributed by atoms with Crippen molar-refractivity contribution in [2.75, 3.05) is 6.61 Å². The van der Waals surface area contributed by atoms with E-state index in [9.17, 15) is 0 Å². The first-order valence-electron chi connectivity index (χ1n) is 6.46. The van der Waals surface area contributed by atoms with Crippen LogP contribution in [0.5, 0.6) is 5.75 Å². The summed E-state index contributed by atoms with van der Waals surface area (Å²) in [5, 5.41) is 9.66. The minimum atomic E-state index is 0.0809. The summed E-state index contributed by atoms with van der Waals surface area (Å²) < 4.78 is 5.66. The number of ether oxygens (including phenoxy) is 1. The van der Waals surface area contributed by atoms with E-state index >= 15 is 0 Å². The molecule has 0 aliphatic rings. The molecule has 0 bridgehead atoms. The van der Waals surface area contributed by atoms with Crippen LogP contribution in [0.4, 0.5) is 0 Å². The Morgan fingerprint density at radius 2 is 1.67 bits per heavy atom. The third-order valence-corrected chi connectivity index (χ3v) is 3.32. The second-order valence-corrected chi connectivity index (χ2v) is 5.13. The zero-order valence-electron chi connectivity index (χ0n) is 11.3. The number of aliphatic hydroxyl groups excluding tert-OH is 1. The van der Waals surface area contributed by atoms with Gasteiger partial charge in [-0.2, -0.15) is 0 Å². The molecule has 0 atom stereocenters. The highest BCUT2D eigenvalue weighted by Crippen LogP contribution is 2.32. The molecule has 0 unspecified atom stereocenters. The third-order valence-electron chi connectivity index (χ3n) is 2.73. The zero-order chi connectivity index (χ0) is 15.1. The summed E-state index contributed by atoms with van der Waals surface area (Å²) in [5.74, 6) is 6.34. The van der Waals surface area contributed by atoms with Gasteiger partial charge in [-0.1, -0.05) is 53.2 Å². The smallest absolute Gasteiger partial charge is 0.156 e. The maximum absolute atomic E-state index is 8.67. The van der Waals surface area contributed by atoms with Crippen molar-refractivity contribution in [1.29, 1.82) is 0 Å². The van der Waals surface area contributed by atoms with Gasteiger partial charge in [-0.15, -0.1) is 0 Å². The predicted molar refractivity (Wildman–Crippen MR) is 85.8 cm³/mol. The van der Waals surface area contributed by atoms with Crippen LogP contribution >= 0.6 is 23.2 Å². The minimum absolute atomic E-state index is 0.0809. The Kier molecular flexibility index (Phi) is 5.95. The van der Waals surface area contributed by atoms with Crippen molar-refractivity contribution in [2.24, 2.45) is 0 Å². The van der Waals surface area contributed by atoms with Crippen molar-refractivity contribution in [2.45, 2.75) is 13.0 Å². The van der Waals surface area contributed by atoms with E-state index in [0.29, 0.717) is 28.8 Å². The molecule has 4 heteroatoms. The van der Waals surface area contributed by atoms with Gasteiger partial charge in [-0.05, 0) is 29.8 Å². The van der Waals surface area contributed by atoms with Crippen LogP contribution in [-0.4, -0.2) is 11.7 Å². The number of hydrogen-bond donors (Lipinski definition) is 1. The highest BCUT2D eigenvalue weighted by molar-refractivity contribution is 6.37. The van der Waals surface area contributed by atoms with Crippen LogP contribution in [0.15, 0.2) is 42.5 Å². The third kappa shape index (κ3) is 4.68. The van der Waals surface area contributed by atoms with Gasteiger partial charge >= 0.3 is 0 Å². The molecule has 0 fully saturated rings. The summed E-state index contributed by atoms with van der Waals surface area (Å²) in [7, 11) is 0. The first-order chi connectivity index (χ1) is 10.2. The van der Waals surface area contributed by atoms with Gasteiger partial charge in [0.2, 0.25) is 0 Å². The molecule has 0 saturated carbocycles. The molecule has 2 aromatic carbocycles. The van der Waals surface area contributed by atoms with E-state index in [4.69, 9.17) is 33.0 Å². The van der Waals surface area contributed by atoms with Crippen LogP contribution in [0.1, 0.15) is 17.5 Å². The molecular weight excluding hydrogens is 307 g/mol. The predicted octanol–water partition coefficient (Wildman–Crippen LogP) is 4.31. The Labute approximate surface area is 134 Å². The van der Waals surface area contributed by atoms with Gasteiger partial charge in [0, 0.05) is 12.0 Å². The molecule has 0 amide bonds. The van der Waals surface area contributed by atoms with Crippen LogP contribution in [0.2, 0.25) is 10.0 Å². The zero-order valence-corrected chi connectivity index (χ0v) is 12.8. The fourth-order valence-corrected chi connectivity index (χ4v) is 2.19. The summed E-state index contributed by atoms with van der Waals surface area (Å²) in [5.41, 5.74) is 1.90. The molecule has 0 aromatic heterocycles. The first-order valence-corrected chi connectivity index (χ1v) is 7.22. The van der Waals surface area contributed by atoms with E-state index in [1.54, 1.807) is 18.2 Å². The van der Waals surface area contributed by atoms with E-state index in [1.165, 1.54) is 0 Å². The molecule has 21 heavy (non-hydrogen) atoms. The second-order valence-electron chi connectivity index (χ2n) is 4.31. The van der Waals surface area contributed by atoms with Gasteiger partial charge in [0.1, 0.15) is 6.61 Å². The summed E-state index contributed by atoms with van der Waals surface area (Å²) in [6.07, 6.45) is 0.482. The molecular formula is C17H14Cl2O2. The maximum atomic E-state index is 8.67. The molecule has 2 aromatic rings. The lowest BCUT2D eigenvalue weighted by molar-refractivity contribution is 0.305. The number of rotatable bonds is 4. The number of para-hydroxylation sites is 1. The number of aliphatic hydroxyl groups is 1. The lowest BCUT2D eigenvalue weighted by Crippen LogP contribution is -1.96. The van der Waals surface area contributed by atoms with Gasteiger partial charge in [0.05, 0.1) is 16.7 Å². The highest BCUT2D eigenvalue weighted by Gasteiger charge is 2.06. The van der Waals surface area contributed by atoms with Gasteiger partial charge in [-0.3, -0.25) is 0 Å². The first kappa shape index (κ1) is 15.7. The molecule has 0 aliphatic heterocycles. The Morgan fingerprint density at radius 1 is 1.00 bits per heavy atom. The van der Waals surface area contributed by atoms with E-state index in [0.717, 1.165) is 11.1 Å². The van der Waals surface area contributed by atoms with Crippen molar-refractivity contribution in [3.05, 3.63) is 63.6 Å². The number of benzene rings is 2. The average Bonchev–Trinajstić information content (AvgIpc) is 2.48. The van der Waals surface area contributed by atoms with Crippen molar-refractivity contribution >= 4 is 23.2 Å². The molecule has 0 spiro atoms. The van der Waals surface area contributed by atoms with Gasteiger partial charge in [0.25, 0.3) is 0 Å². The van der Waals surface area contributed by atoms with Crippen LogP contribution in [0.3, 0.4) is 0 Å². The fourth-order valence-electron chi connectivity index (χ4n) is 1.68. The molecule has 2 rings (SSSR count). The van der Waals surface area contributed by atoms with Gasteiger partial charge in [-0.25, -0.2) is 0 Å². The van der Waals surface area contributed by atoms with Crippen LogP contribution in [-0.2, 0) is 6.61 Å². The topological polar surface area (TPSA) is 29.5 Å². The molecule has 0 saturated heterocycles. The van der Waals surface area contributed by atoms with Crippen molar-refractivity contribution in [3.8, 4) is 17.6 Å². The monoisotopic (exact) mass is 320 g/mol. The Bertz CT molecular complexity index is 634. The van der Waals surface area contributed by atoms with Crippen molar-refractivity contribution in [1.82, 2.24) is 0 Å². The van der Waals surface area contributed by atoms with E-state index < -0.39 is 0 Å².